The van der Waals surface area contributed by atoms with E-state index in [9.17, 15) is 4.79 Å². The second-order valence-electron chi connectivity index (χ2n) is 6.86. The number of pyridine rings is 1. The van der Waals surface area contributed by atoms with Gasteiger partial charge in [0.2, 0.25) is 0 Å². The van der Waals surface area contributed by atoms with Crippen LogP contribution >= 0.6 is 0 Å². The minimum Gasteiger partial charge on any atom is -0.404 e. The fourth-order valence-corrected chi connectivity index (χ4v) is 3.80. The summed E-state index contributed by atoms with van der Waals surface area (Å²) < 4.78 is 1.83. The molecule has 28 heavy (non-hydrogen) atoms. The van der Waals surface area contributed by atoms with Crippen LogP contribution in [0.15, 0.2) is 59.9 Å². The Bertz CT molecular complexity index is 1100. The molecule has 0 amide bonds. The van der Waals surface area contributed by atoms with Crippen molar-refractivity contribution in [2.45, 2.75) is 18.9 Å². The van der Waals surface area contributed by atoms with Crippen LogP contribution in [0.3, 0.4) is 0 Å². The van der Waals surface area contributed by atoms with E-state index in [2.05, 4.69) is 14.9 Å². The van der Waals surface area contributed by atoms with Gasteiger partial charge in [-0.2, -0.15) is 0 Å². The maximum atomic E-state index is 12.1. The van der Waals surface area contributed by atoms with Gasteiger partial charge in [0.25, 0.3) is 5.56 Å². The van der Waals surface area contributed by atoms with Crippen LogP contribution in [0.4, 0.5) is 5.82 Å². The summed E-state index contributed by atoms with van der Waals surface area (Å²) in [5.74, 6) is 0.882. The molecular formula is C21H22N6O. The summed E-state index contributed by atoms with van der Waals surface area (Å²) in [6.07, 6.45) is 7.88. The highest BCUT2D eigenvalue weighted by Gasteiger charge is 2.23. The number of nitrogens with zero attached hydrogens (tertiary/aromatic N) is 4. The predicted octanol–water partition coefficient (Wildman–Crippen LogP) is 2.58. The molecule has 0 bridgehead atoms. The Morgan fingerprint density at radius 3 is 2.71 bits per heavy atom. The van der Waals surface area contributed by atoms with Gasteiger partial charge >= 0.3 is 0 Å². The van der Waals surface area contributed by atoms with Gasteiger partial charge in [-0.25, -0.2) is 9.97 Å². The fraction of sp³-hybridized carbons (Fsp3) is 0.238. The van der Waals surface area contributed by atoms with E-state index in [4.69, 9.17) is 11.1 Å². The van der Waals surface area contributed by atoms with Crippen molar-refractivity contribution in [3.63, 3.8) is 0 Å². The number of hydrogen-bond acceptors (Lipinski definition) is 6. The highest BCUT2D eigenvalue weighted by atomic mass is 16.1. The van der Waals surface area contributed by atoms with Crippen molar-refractivity contribution < 1.29 is 0 Å². The van der Waals surface area contributed by atoms with Crippen LogP contribution in [-0.2, 0) is 0 Å². The molecule has 4 rings (SSSR count). The Labute approximate surface area is 162 Å². The number of hydrogen-bond donors (Lipinski definition) is 2. The van der Waals surface area contributed by atoms with Crippen LogP contribution in [0.25, 0.3) is 16.5 Å². The number of nitrogens with two attached hydrogens (primary N) is 1. The molecule has 142 valence electrons. The monoisotopic (exact) mass is 374 g/mol. The lowest BCUT2D eigenvalue weighted by atomic mass is 10.0. The summed E-state index contributed by atoms with van der Waals surface area (Å²) >= 11 is 0. The van der Waals surface area contributed by atoms with Gasteiger partial charge in [-0.3, -0.25) is 4.79 Å². The van der Waals surface area contributed by atoms with Crippen LogP contribution in [0.2, 0.25) is 0 Å². The topological polar surface area (TPSA) is 101 Å². The van der Waals surface area contributed by atoms with Gasteiger partial charge in [0.1, 0.15) is 12.1 Å². The van der Waals surface area contributed by atoms with E-state index < -0.39 is 0 Å². The molecule has 3 N–H and O–H groups in total. The van der Waals surface area contributed by atoms with E-state index in [1.807, 2.05) is 35.0 Å². The fourth-order valence-electron chi connectivity index (χ4n) is 3.80. The van der Waals surface area contributed by atoms with E-state index >= 15 is 0 Å². The molecule has 0 aliphatic carbocycles. The molecule has 3 aromatic rings. The smallest absolute Gasteiger partial charge is 0.250 e. The minimum atomic E-state index is 0.0471. The summed E-state index contributed by atoms with van der Waals surface area (Å²) in [7, 11) is 0. The molecule has 7 heteroatoms. The van der Waals surface area contributed by atoms with Gasteiger partial charge < -0.3 is 20.6 Å². The summed E-state index contributed by atoms with van der Waals surface area (Å²) in [6, 6.07) is 11.3. The first-order chi connectivity index (χ1) is 13.7. The molecule has 0 unspecified atom stereocenters. The summed E-state index contributed by atoms with van der Waals surface area (Å²) in [6.45, 7) is 1.62. The lowest BCUT2D eigenvalue weighted by Crippen LogP contribution is -2.37. The number of rotatable bonds is 4. The number of anilines is 1. The highest BCUT2D eigenvalue weighted by molar-refractivity contribution is 6.09. The zero-order chi connectivity index (χ0) is 19.5. The molecule has 0 saturated carbocycles. The average Bonchev–Trinajstić information content (AvgIpc) is 2.75. The summed E-state index contributed by atoms with van der Waals surface area (Å²) in [5.41, 5.74) is 8.06. The molecule has 2 aromatic heterocycles. The molecule has 0 atom stereocenters. The van der Waals surface area contributed by atoms with Crippen LogP contribution < -0.4 is 16.2 Å². The standard InChI is InChI=1S/C21H22N6O/c22-12-16(13-23)15-4-5-19-18(11-15)21(25-14-24-19)26-9-6-17(7-10-26)27-8-2-1-3-20(27)28/h1-5,8,11-14,17,22H,6-7,9-10,23H2/b16-13+,22-12?. The van der Waals surface area contributed by atoms with Gasteiger partial charge in [0.05, 0.1) is 5.52 Å². The number of allylic oxidation sites excluding steroid dienone is 1. The molecule has 3 heterocycles. The molecule has 1 aliphatic heterocycles. The third kappa shape index (κ3) is 3.26. The van der Waals surface area contributed by atoms with Gasteiger partial charge in [0, 0.05) is 54.8 Å². The van der Waals surface area contributed by atoms with Gasteiger partial charge in [-0.15, -0.1) is 0 Å². The second kappa shape index (κ2) is 7.64. The average molecular weight is 374 g/mol. The number of fused-ring (bicyclic) bond motifs is 1. The van der Waals surface area contributed by atoms with Crippen molar-refractivity contribution in [2.24, 2.45) is 5.73 Å². The van der Waals surface area contributed by atoms with Crippen LogP contribution in [0, 0.1) is 5.41 Å². The van der Waals surface area contributed by atoms with Gasteiger partial charge in [0.15, 0.2) is 0 Å². The Hall–Kier alpha value is -3.48. The van der Waals surface area contributed by atoms with Crippen molar-refractivity contribution in [2.75, 3.05) is 18.0 Å². The van der Waals surface area contributed by atoms with Crippen molar-refractivity contribution in [1.29, 1.82) is 5.41 Å². The highest BCUT2D eigenvalue weighted by Crippen LogP contribution is 2.30. The van der Waals surface area contributed by atoms with Crippen molar-refractivity contribution >= 4 is 28.5 Å². The van der Waals surface area contributed by atoms with Gasteiger partial charge in [-0.05, 0) is 36.6 Å². The number of piperidine rings is 1. The maximum absolute atomic E-state index is 12.1. The lowest BCUT2D eigenvalue weighted by Gasteiger charge is -2.34. The maximum Gasteiger partial charge on any atom is 0.250 e. The van der Waals surface area contributed by atoms with E-state index in [0.717, 1.165) is 48.2 Å². The molecule has 1 aliphatic rings. The first-order valence-electron chi connectivity index (χ1n) is 9.31. The molecule has 7 nitrogen and oxygen atoms in total. The summed E-state index contributed by atoms with van der Waals surface area (Å²) in [5, 5.41) is 8.47. The third-order valence-electron chi connectivity index (χ3n) is 5.29. The third-order valence-corrected chi connectivity index (χ3v) is 5.29. The molecule has 0 spiro atoms. The second-order valence-corrected chi connectivity index (χ2v) is 6.86. The first kappa shape index (κ1) is 17.9. The van der Waals surface area contributed by atoms with Crippen molar-refractivity contribution in [3.8, 4) is 0 Å². The summed E-state index contributed by atoms with van der Waals surface area (Å²) in [4.78, 5) is 23.3. The molecule has 1 saturated heterocycles. The van der Waals surface area contributed by atoms with Crippen molar-refractivity contribution in [3.05, 3.63) is 71.0 Å². The van der Waals surface area contributed by atoms with Crippen molar-refractivity contribution in [1.82, 2.24) is 14.5 Å². The minimum absolute atomic E-state index is 0.0471. The van der Waals surface area contributed by atoms with E-state index in [0.29, 0.717) is 5.57 Å². The molecule has 1 aromatic carbocycles. The zero-order valence-electron chi connectivity index (χ0n) is 15.5. The van der Waals surface area contributed by atoms with E-state index in [1.54, 1.807) is 18.5 Å². The normalized spacial score (nSPS) is 15.7. The van der Waals surface area contributed by atoms with Gasteiger partial charge in [-0.1, -0.05) is 12.1 Å². The van der Waals surface area contributed by atoms with E-state index in [1.165, 1.54) is 12.4 Å². The van der Waals surface area contributed by atoms with Crippen LogP contribution in [0.1, 0.15) is 24.4 Å². The Kier molecular flexibility index (Phi) is 4.89. The SMILES string of the molecule is N=C/C(=C\N)c1ccc2ncnc(N3CCC(n4ccccc4=O)CC3)c2c1. The number of aromatic nitrogens is 3. The molecular weight excluding hydrogens is 352 g/mol. The number of nitrogens with one attached hydrogen (secondary N) is 1. The Morgan fingerprint density at radius 2 is 2.00 bits per heavy atom. The van der Waals surface area contributed by atoms with Crippen LogP contribution in [0.5, 0.6) is 0 Å². The predicted molar refractivity (Wildman–Crippen MR) is 112 cm³/mol. The quantitative estimate of drug-likeness (QED) is 0.684. The molecule has 1 fully saturated rings. The number of benzene rings is 1. The Balaban J connectivity index is 1.63. The lowest BCUT2D eigenvalue weighted by molar-refractivity contribution is 0.387. The zero-order valence-corrected chi connectivity index (χ0v) is 15.5. The molecule has 0 radical (unpaired) electrons. The van der Waals surface area contributed by atoms with E-state index in [-0.39, 0.29) is 11.6 Å². The van der Waals surface area contributed by atoms with Crippen LogP contribution in [-0.4, -0.2) is 33.8 Å². The Morgan fingerprint density at radius 1 is 1.18 bits per heavy atom. The first-order valence-corrected chi connectivity index (χ1v) is 9.31. The largest absolute Gasteiger partial charge is 0.404 e.